The van der Waals surface area contributed by atoms with E-state index in [2.05, 4.69) is 36.7 Å². The molecule has 1 rings (SSSR count). The van der Waals surface area contributed by atoms with Crippen LogP contribution in [-0.2, 0) is 0 Å². The minimum absolute atomic E-state index is 0.214. The second-order valence-electron chi connectivity index (χ2n) is 3.19. The summed E-state index contributed by atoms with van der Waals surface area (Å²) in [6.45, 7) is 4.42. The first-order valence-electron chi connectivity index (χ1n) is 4.68. The molecule has 1 heterocycles. The van der Waals surface area contributed by atoms with Crippen molar-refractivity contribution >= 4 is 11.3 Å². The molecule has 13 heavy (non-hydrogen) atoms. The Bertz CT molecular complexity index is 219. The molecular formula is C10H17NOS. The summed E-state index contributed by atoms with van der Waals surface area (Å²) in [6, 6.07) is 4.74. The number of aliphatic hydroxyl groups excluding tert-OH is 1. The van der Waals surface area contributed by atoms with Crippen LogP contribution in [-0.4, -0.2) is 17.8 Å². The zero-order chi connectivity index (χ0) is 9.68. The summed E-state index contributed by atoms with van der Waals surface area (Å²) in [4.78, 5) is 1.33. The average Bonchev–Trinajstić information content (AvgIpc) is 2.66. The topological polar surface area (TPSA) is 32.3 Å². The van der Waals surface area contributed by atoms with E-state index in [0.29, 0.717) is 6.04 Å². The Hall–Kier alpha value is -0.380. The third kappa shape index (κ3) is 3.10. The lowest BCUT2D eigenvalue weighted by Gasteiger charge is -2.19. The molecule has 0 aliphatic heterocycles. The van der Waals surface area contributed by atoms with Crippen LogP contribution < -0.4 is 5.32 Å². The first kappa shape index (κ1) is 10.7. The van der Waals surface area contributed by atoms with Gasteiger partial charge in [-0.25, -0.2) is 0 Å². The van der Waals surface area contributed by atoms with E-state index in [-0.39, 0.29) is 12.6 Å². The first-order valence-corrected chi connectivity index (χ1v) is 5.56. The van der Waals surface area contributed by atoms with E-state index in [1.54, 1.807) is 11.3 Å². The van der Waals surface area contributed by atoms with Crippen molar-refractivity contribution in [1.82, 2.24) is 5.32 Å². The summed E-state index contributed by atoms with van der Waals surface area (Å²) in [5.74, 6) is 0. The zero-order valence-corrected chi connectivity index (χ0v) is 8.97. The van der Waals surface area contributed by atoms with E-state index < -0.39 is 0 Å². The van der Waals surface area contributed by atoms with Crippen molar-refractivity contribution in [3.8, 4) is 0 Å². The van der Waals surface area contributed by atoms with Crippen molar-refractivity contribution in [2.75, 3.05) is 6.61 Å². The van der Waals surface area contributed by atoms with Gasteiger partial charge in [0.15, 0.2) is 0 Å². The van der Waals surface area contributed by atoms with E-state index in [4.69, 9.17) is 5.11 Å². The van der Waals surface area contributed by atoms with Gasteiger partial charge in [0.2, 0.25) is 0 Å². The molecule has 0 saturated carbocycles. The lowest BCUT2D eigenvalue weighted by molar-refractivity contribution is 0.230. The molecule has 0 bridgehead atoms. The van der Waals surface area contributed by atoms with Crippen molar-refractivity contribution in [3.05, 3.63) is 22.4 Å². The molecule has 1 aromatic heterocycles. The van der Waals surface area contributed by atoms with Gasteiger partial charge in [-0.3, -0.25) is 0 Å². The summed E-state index contributed by atoms with van der Waals surface area (Å²) >= 11 is 1.75. The maximum atomic E-state index is 9.01. The van der Waals surface area contributed by atoms with Crippen LogP contribution in [0.1, 0.15) is 31.2 Å². The van der Waals surface area contributed by atoms with Crippen LogP contribution in [0.4, 0.5) is 0 Å². The van der Waals surface area contributed by atoms with Gasteiger partial charge in [-0.15, -0.1) is 11.3 Å². The van der Waals surface area contributed by atoms with E-state index in [1.807, 2.05) is 0 Å². The van der Waals surface area contributed by atoms with Gasteiger partial charge >= 0.3 is 0 Å². The Morgan fingerprint density at radius 2 is 2.38 bits per heavy atom. The van der Waals surface area contributed by atoms with E-state index in [0.717, 1.165) is 6.42 Å². The molecule has 0 aliphatic carbocycles. The van der Waals surface area contributed by atoms with Crippen LogP contribution in [0.3, 0.4) is 0 Å². The molecule has 0 amide bonds. The molecule has 2 nitrogen and oxygen atoms in total. The van der Waals surface area contributed by atoms with Gasteiger partial charge in [0.05, 0.1) is 6.61 Å². The van der Waals surface area contributed by atoms with Crippen LogP contribution >= 0.6 is 11.3 Å². The molecule has 0 aliphatic rings. The van der Waals surface area contributed by atoms with Crippen LogP contribution in [0.5, 0.6) is 0 Å². The highest BCUT2D eigenvalue weighted by atomic mass is 32.1. The van der Waals surface area contributed by atoms with Gasteiger partial charge in [0, 0.05) is 17.0 Å². The lowest BCUT2D eigenvalue weighted by Crippen LogP contribution is -2.33. The van der Waals surface area contributed by atoms with E-state index >= 15 is 0 Å². The van der Waals surface area contributed by atoms with Crippen molar-refractivity contribution in [1.29, 1.82) is 0 Å². The zero-order valence-electron chi connectivity index (χ0n) is 8.16. The monoisotopic (exact) mass is 199 g/mol. The number of hydrogen-bond acceptors (Lipinski definition) is 3. The predicted octanol–water partition coefficient (Wildman–Crippen LogP) is 2.17. The predicted molar refractivity (Wildman–Crippen MR) is 57.0 cm³/mol. The van der Waals surface area contributed by atoms with Crippen LogP contribution in [0, 0.1) is 0 Å². The number of thiophene rings is 1. The highest BCUT2D eigenvalue weighted by Crippen LogP contribution is 2.18. The fourth-order valence-electron chi connectivity index (χ4n) is 1.27. The molecule has 2 N–H and O–H groups in total. The molecule has 0 radical (unpaired) electrons. The van der Waals surface area contributed by atoms with Gasteiger partial charge in [-0.05, 0) is 24.8 Å². The SMILES string of the molecule is CCC(CO)NC(C)c1cccs1. The summed E-state index contributed by atoms with van der Waals surface area (Å²) in [5.41, 5.74) is 0. The van der Waals surface area contributed by atoms with Crippen molar-refractivity contribution in [2.45, 2.75) is 32.4 Å². The Balaban J connectivity index is 2.45. The minimum atomic E-state index is 0.214. The van der Waals surface area contributed by atoms with E-state index in [1.165, 1.54) is 4.88 Å². The maximum Gasteiger partial charge on any atom is 0.0584 e. The smallest absolute Gasteiger partial charge is 0.0584 e. The number of aliphatic hydroxyl groups is 1. The Kier molecular flexibility index (Phi) is 4.42. The Morgan fingerprint density at radius 1 is 1.62 bits per heavy atom. The highest BCUT2D eigenvalue weighted by Gasteiger charge is 2.10. The summed E-state index contributed by atoms with van der Waals surface area (Å²) in [7, 11) is 0. The summed E-state index contributed by atoms with van der Waals surface area (Å²) < 4.78 is 0. The second-order valence-corrected chi connectivity index (χ2v) is 4.17. The third-order valence-electron chi connectivity index (χ3n) is 2.17. The number of nitrogens with one attached hydrogen (secondary N) is 1. The summed E-state index contributed by atoms with van der Waals surface area (Å²) in [5, 5.41) is 14.5. The van der Waals surface area contributed by atoms with Crippen molar-refractivity contribution in [2.24, 2.45) is 0 Å². The molecule has 74 valence electrons. The molecule has 2 unspecified atom stereocenters. The minimum Gasteiger partial charge on any atom is -0.395 e. The van der Waals surface area contributed by atoms with Crippen molar-refractivity contribution < 1.29 is 5.11 Å². The molecule has 0 fully saturated rings. The standard InChI is InChI=1S/C10H17NOS/c1-3-9(7-12)11-8(2)10-5-4-6-13-10/h4-6,8-9,11-12H,3,7H2,1-2H3. The lowest BCUT2D eigenvalue weighted by atomic mass is 10.2. The molecule has 0 saturated heterocycles. The Labute approximate surface area is 83.6 Å². The molecular weight excluding hydrogens is 182 g/mol. The van der Waals surface area contributed by atoms with Crippen LogP contribution in [0.15, 0.2) is 17.5 Å². The van der Waals surface area contributed by atoms with Gasteiger partial charge < -0.3 is 10.4 Å². The largest absolute Gasteiger partial charge is 0.395 e. The van der Waals surface area contributed by atoms with Gasteiger partial charge in [-0.2, -0.15) is 0 Å². The molecule has 0 spiro atoms. The van der Waals surface area contributed by atoms with Gasteiger partial charge in [0.25, 0.3) is 0 Å². The highest BCUT2D eigenvalue weighted by molar-refractivity contribution is 7.10. The molecule has 1 aromatic rings. The molecule has 2 atom stereocenters. The van der Waals surface area contributed by atoms with Crippen molar-refractivity contribution in [3.63, 3.8) is 0 Å². The normalized spacial score (nSPS) is 15.6. The van der Waals surface area contributed by atoms with Crippen LogP contribution in [0.25, 0.3) is 0 Å². The number of hydrogen-bond donors (Lipinski definition) is 2. The maximum absolute atomic E-state index is 9.01. The van der Waals surface area contributed by atoms with Crippen LogP contribution in [0.2, 0.25) is 0 Å². The Morgan fingerprint density at radius 3 is 2.85 bits per heavy atom. The fourth-order valence-corrected chi connectivity index (χ4v) is 2.02. The summed E-state index contributed by atoms with van der Waals surface area (Å²) in [6.07, 6.45) is 0.964. The first-order chi connectivity index (χ1) is 6.27. The number of rotatable bonds is 5. The van der Waals surface area contributed by atoms with E-state index in [9.17, 15) is 0 Å². The third-order valence-corrected chi connectivity index (χ3v) is 3.22. The average molecular weight is 199 g/mol. The second kappa shape index (κ2) is 5.37. The fraction of sp³-hybridized carbons (Fsp3) is 0.600. The quantitative estimate of drug-likeness (QED) is 0.761. The van der Waals surface area contributed by atoms with Gasteiger partial charge in [0.1, 0.15) is 0 Å². The molecule has 3 heteroatoms. The molecule has 0 aromatic carbocycles. The van der Waals surface area contributed by atoms with Gasteiger partial charge in [-0.1, -0.05) is 13.0 Å².